The van der Waals surface area contributed by atoms with Crippen molar-refractivity contribution in [2.24, 2.45) is 11.8 Å². The number of nitrogens with one attached hydrogen (secondary N) is 1. The van der Waals surface area contributed by atoms with Crippen LogP contribution in [0, 0.1) is 11.8 Å². The van der Waals surface area contributed by atoms with Gasteiger partial charge in [0.25, 0.3) is 0 Å². The number of esters is 1. The lowest BCUT2D eigenvalue weighted by molar-refractivity contribution is -0.140. The molecular weight excluding hydrogens is 563 g/mol. The Morgan fingerprint density at radius 2 is 1.32 bits per heavy atom. The summed E-state index contributed by atoms with van der Waals surface area (Å²) in [6.07, 6.45) is 1.61. The van der Waals surface area contributed by atoms with Crippen LogP contribution in [0.4, 0.5) is 5.69 Å². The monoisotopic (exact) mass is 590 g/mol. The topological polar surface area (TPSA) is 92.8 Å². The van der Waals surface area contributed by atoms with Gasteiger partial charge >= 0.3 is 5.97 Å². The highest BCUT2D eigenvalue weighted by molar-refractivity contribution is 6.36. The van der Waals surface area contributed by atoms with Crippen molar-refractivity contribution in [2.45, 2.75) is 35.9 Å². The molecule has 1 aliphatic heterocycles. The van der Waals surface area contributed by atoms with Crippen molar-refractivity contribution in [1.82, 2.24) is 4.90 Å². The Kier molecular flexibility index (Phi) is 6.91. The lowest BCUT2D eigenvalue weighted by atomic mass is 9.54. The van der Waals surface area contributed by atoms with E-state index in [0.29, 0.717) is 17.9 Å². The minimum Gasteiger partial charge on any atom is -0.462 e. The summed E-state index contributed by atoms with van der Waals surface area (Å²) in [6.45, 7) is 2.26. The highest BCUT2D eigenvalue weighted by Crippen LogP contribution is 2.69. The summed E-state index contributed by atoms with van der Waals surface area (Å²) in [4.78, 5) is 51.3. The number of hydrogen-bond donors (Lipinski definition) is 1. The maximum atomic E-state index is 13.9. The molecule has 0 saturated carbocycles. The number of likely N-dealkylation sites (tertiary alicyclic amines) is 1. The van der Waals surface area contributed by atoms with Crippen molar-refractivity contribution in [3.8, 4) is 0 Å². The molecule has 0 unspecified atom stereocenters. The molecule has 1 N–H and O–H groups in total. The minimum atomic E-state index is -1.25. The molecule has 3 aromatic rings. The van der Waals surface area contributed by atoms with E-state index in [0.717, 1.165) is 40.0 Å². The van der Waals surface area contributed by atoms with Crippen LogP contribution in [0.2, 0.25) is 0 Å². The van der Waals surface area contributed by atoms with Crippen LogP contribution in [0.15, 0.2) is 72.8 Å². The number of imide groups is 1. The summed E-state index contributed by atoms with van der Waals surface area (Å²) in [5, 5.41) is 2.76. The molecular formula is C32H28Cl2N2O5. The van der Waals surface area contributed by atoms with E-state index in [4.69, 9.17) is 27.9 Å². The summed E-state index contributed by atoms with van der Waals surface area (Å²) >= 11 is 14.8. The summed E-state index contributed by atoms with van der Waals surface area (Å²) < 4.78 is 5.21. The molecule has 41 heavy (non-hydrogen) atoms. The normalized spacial score (nSPS) is 25.4. The van der Waals surface area contributed by atoms with Gasteiger partial charge in [0.2, 0.25) is 17.7 Å². The van der Waals surface area contributed by atoms with Gasteiger partial charge in [-0.2, -0.15) is 0 Å². The SMILES string of the molecule is CCCCOC(=O)c1ccc(NC(=O)CCN2C(=O)[C@@H]3[C@@H](C2=O)C2(Cl)c4ccccc4C3(Cl)c3ccccc32)cc1. The van der Waals surface area contributed by atoms with Crippen molar-refractivity contribution in [1.29, 1.82) is 0 Å². The van der Waals surface area contributed by atoms with Crippen molar-refractivity contribution in [2.75, 3.05) is 18.5 Å². The van der Waals surface area contributed by atoms with Gasteiger partial charge in [-0.05, 0) is 52.9 Å². The number of rotatable bonds is 8. The average Bonchev–Trinajstić information content (AvgIpc) is 3.25. The van der Waals surface area contributed by atoms with Crippen LogP contribution in [0.5, 0.6) is 0 Å². The summed E-state index contributed by atoms with van der Waals surface area (Å²) in [5.41, 5.74) is 3.79. The summed E-state index contributed by atoms with van der Waals surface area (Å²) in [5.74, 6) is -3.45. The van der Waals surface area contributed by atoms with Crippen LogP contribution in [-0.4, -0.2) is 41.7 Å². The fraction of sp³-hybridized carbons (Fsp3) is 0.312. The maximum Gasteiger partial charge on any atom is 0.338 e. The van der Waals surface area contributed by atoms with Crippen LogP contribution >= 0.6 is 23.2 Å². The van der Waals surface area contributed by atoms with Gasteiger partial charge in [-0.15, -0.1) is 23.2 Å². The second-order valence-electron chi connectivity index (χ2n) is 10.7. The van der Waals surface area contributed by atoms with Gasteiger partial charge in [-0.3, -0.25) is 19.3 Å². The molecule has 3 amide bonds. The highest BCUT2D eigenvalue weighted by Gasteiger charge is 2.72. The van der Waals surface area contributed by atoms with Gasteiger partial charge in [-0.25, -0.2) is 4.79 Å². The minimum absolute atomic E-state index is 0.106. The van der Waals surface area contributed by atoms with Gasteiger partial charge in [0.15, 0.2) is 0 Å². The Hall–Kier alpha value is -3.68. The number of unbranched alkanes of at least 4 members (excludes halogenated alkanes) is 1. The van der Waals surface area contributed by atoms with Crippen molar-refractivity contribution < 1.29 is 23.9 Å². The first-order chi connectivity index (χ1) is 19.7. The third-order valence-electron chi connectivity index (χ3n) is 8.37. The number of amides is 3. The predicted molar refractivity (Wildman–Crippen MR) is 155 cm³/mol. The predicted octanol–water partition coefficient (Wildman–Crippen LogP) is 5.57. The first-order valence-electron chi connectivity index (χ1n) is 13.7. The van der Waals surface area contributed by atoms with E-state index >= 15 is 0 Å². The van der Waals surface area contributed by atoms with E-state index in [1.807, 2.05) is 55.5 Å². The van der Waals surface area contributed by atoms with E-state index in [9.17, 15) is 19.2 Å². The highest BCUT2D eigenvalue weighted by atomic mass is 35.5. The number of benzene rings is 3. The lowest BCUT2D eigenvalue weighted by Crippen LogP contribution is -2.57. The van der Waals surface area contributed by atoms with E-state index in [2.05, 4.69) is 5.32 Å². The Bertz CT molecular complexity index is 1450. The van der Waals surface area contributed by atoms with Crippen molar-refractivity contribution in [3.05, 3.63) is 101 Å². The molecule has 4 aliphatic rings. The molecule has 0 spiro atoms. The van der Waals surface area contributed by atoms with Crippen LogP contribution in [0.3, 0.4) is 0 Å². The molecule has 210 valence electrons. The summed E-state index contributed by atoms with van der Waals surface area (Å²) in [7, 11) is 0. The standard InChI is InChI=1S/C32H28Cl2N2O5/c1-2-3-18-41-30(40)19-12-14-20(15-13-19)35-25(37)16-17-36-28(38)26-27(29(36)39)32(34)22-9-5-4-8-21(22)31(26,33)23-10-6-7-11-24(23)32/h4-15,26-27H,2-3,16-18H2,1H3,(H,35,37)/t26-,27-,31?,32?/m0/s1. The molecule has 3 aliphatic carbocycles. The zero-order valence-corrected chi connectivity index (χ0v) is 23.9. The second-order valence-corrected chi connectivity index (χ2v) is 11.9. The van der Waals surface area contributed by atoms with Crippen LogP contribution < -0.4 is 5.32 Å². The molecule has 1 fully saturated rings. The van der Waals surface area contributed by atoms with Gasteiger partial charge < -0.3 is 10.1 Å². The number of anilines is 1. The number of nitrogens with zero attached hydrogens (tertiary/aromatic N) is 1. The van der Waals surface area contributed by atoms with Crippen LogP contribution in [-0.2, 0) is 28.9 Å². The summed E-state index contributed by atoms with van der Waals surface area (Å²) in [6, 6.07) is 21.3. The number of halogens is 2. The van der Waals surface area contributed by atoms with E-state index in [1.165, 1.54) is 0 Å². The second kappa shape index (κ2) is 10.3. The quantitative estimate of drug-likeness (QED) is 0.160. The van der Waals surface area contributed by atoms with Gasteiger partial charge in [0.05, 0.1) is 24.0 Å². The smallest absolute Gasteiger partial charge is 0.338 e. The fourth-order valence-electron chi connectivity index (χ4n) is 6.46. The maximum absolute atomic E-state index is 13.9. The molecule has 9 heteroatoms. The molecule has 2 atom stereocenters. The number of hydrogen-bond acceptors (Lipinski definition) is 5. The van der Waals surface area contributed by atoms with Crippen LogP contribution in [0.1, 0.15) is 58.8 Å². The molecule has 3 aromatic carbocycles. The fourth-order valence-corrected chi connectivity index (χ4v) is 7.56. The van der Waals surface area contributed by atoms with Gasteiger partial charge in [-0.1, -0.05) is 61.9 Å². The number of carbonyl (C=O) groups is 4. The lowest BCUT2D eigenvalue weighted by Gasteiger charge is -2.54. The first kappa shape index (κ1) is 27.5. The van der Waals surface area contributed by atoms with E-state index < -0.39 is 39.4 Å². The van der Waals surface area contributed by atoms with Crippen molar-refractivity contribution >= 4 is 52.6 Å². The zero-order chi connectivity index (χ0) is 28.9. The molecule has 7 rings (SSSR count). The van der Waals surface area contributed by atoms with Crippen molar-refractivity contribution in [3.63, 3.8) is 0 Å². The molecule has 0 radical (unpaired) electrons. The number of ether oxygens (including phenoxy) is 1. The molecule has 7 nitrogen and oxygen atoms in total. The number of alkyl halides is 2. The van der Waals surface area contributed by atoms with Crippen LogP contribution in [0.25, 0.3) is 0 Å². The molecule has 1 heterocycles. The van der Waals surface area contributed by atoms with E-state index in [1.54, 1.807) is 24.3 Å². The average molecular weight is 591 g/mol. The third kappa shape index (κ3) is 4.09. The molecule has 2 bridgehead atoms. The Balaban J connectivity index is 1.19. The van der Waals surface area contributed by atoms with Gasteiger partial charge in [0, 0.05) is 18.7 Å². The third-order valence-corrected chi connectivity index (χ3v) is 9.66. The Morgan fingerprint density at radius 3 is 1.78 bits per heavy atom. The Labute approximate surface area is 247 Å². The Morgan fingerprint density at radius 1 is 0.829 bits per heavy atom. The zero-order valence-electron chi connectivity index (χ0n) is 22.4. The van der Waals surface area contributed by atoms with Gasteiger partial charge in [0.1, 0.15) is 9.75 Å². The molecule has 1 saturated heterocycles. The molecule has 0 aromatic heterocycles. The first-order valence-corrected chi connectivity index (χ1v) is 14.5. The largest absolute Gasteiger partial charge is 0.462 e. The van der Waals surface area contributed by atoms with E-state index in [-0.39, 0.29) is 18.9 Å². The number of carbonyl (C=O) groups excluding carboxylic acids is 4.